The lowest BCUT2D eigenvalue weighted by Gasteiger charge is -2.51. The van der Waals surface area contributed by atoms with E-state index in [4.69, 9.17) is 4.74 Å². The maximum absolute atomic E-state index is 11.7. The molecule has 1 aliphatic heterocycles. The number of ether oxygens (including phenoxy) is 1. The van der Waals surface area contributed by atoms with Crippen molar-refractivity contribution in [3.63, 3.8) is 0 Å². The lowest BCUT2D eigenvalue weighted by atomic mass is 9.54. The summed E-state index contributed by atoms with van der Waals surface area (Å²) in [5.74, 6) is 2.33. The molecule has 0 bridgehead atoms. The van der Waals surface area contributed by atoms with Crippen molar-refractivity contribution in [2.24, 2.45) is 29.1 Å². The topological polar surface area (TPSA) is 26.3 Å². The van der Waals surface area contributed by atoms with Gasteiger partial charge in [-0.25, -0.2) is 0 Å². The molecule has 96 valence electrons. The molecule has 0 aromatic carbocycles. The first-order valence-electron chi connectivity index (χ1n) is 7.22. The Morgan fingerprint density at radius 2 is 2.12 bits per heavy atom. The van der Waals surface area contributed by atoms with Gasteiger partial charge in [-0.1, -0.05) is 33.6 Å². The monoisotopic (exact) mass is 236 g/mol. The van der Waals surface area contributed by atoms with Gasteiger partial charge < -0.3 is 4.74 Å². The summed E-state index contributed by atoms with van der Waals surface area (Å²) < 4.78 is 5.59. The Labute approximate surface area is 104 Å². The van der Waals surface area contributed by atoms with Crippen LogP contribution in [0.25, 0.3) is 0 Å². The van der Waals surface area contributed by atoms with Gasteiger partial charge in [0.15, 0.2) is 0 Å². The SMILES string of the molecule is C[C@@H]1C(=O)O[C@H]2C[C@@]3(C)CCC[C@H](C)[C@@H]3C[C@@H]21. The zero-order valence-corrected chi connectivity index (χ0v) is 11.2. The van der Waals surface area contributed by atoms with Crippen LogP contribution >= 0.6 is 0 Å². The van der Waals surface area contributed by atoms with E-state index in [-0.39, 0.29) is 18.0 Å². The van der Waals surface area contributed by atoms with E-state index < -0.39 is 0 Å². The van der Waals surface area contributed by atoms with Gasteiger partial charge in [-0.3, -0.25) is 4.79 Å². The summed E-state index contributed by atoms with van der Waals surface area (Å²) in [6.45, 7) is 6.90. The molecular weight excluding hydrogens is 212 g/mol. The average molecular weight is 236 g/mol. The molecule has 3 rings (SSSR count). The lowest BCUT2D eigenvalue weighted by Crippen LogP contribution is -2.46. The smallest absolute Gasteiger partial charge is 0.309 e. The third kappa shape index (κ3) is 1.63. The Bertz CT molecular complexity index is 338. The molecule has 17 heavy (non-hydrogen) atoms. The zero-order chi connectivity index (χ0) is 12.2. The summed E-state index contributed by atoms with van der Waals surface area (Å²) in [5, 5.41) is 0. The van der Waals surface area contributed by atoms with Crippen molar-refractivity contribution in [2.75, 3.05) is 0 Å². The van der Waals surface area contributed by atoms with Crippen molar-refractivity contribution in [3.05, 3.63) is 0 Å². The third-order valence-corrected chi connectivity index (χ3v) is 5.94. The fraction of sp³-hybridized carbons (Fsp3) is 0.933. The minimum atomic E-state index is 0.0508. The molecule has 0 aromatic heterocycles. The molecule has 2 heteroatoms. The molecule has 0 N–H and O–H groups in total. The van der Waals surface area contributed by atoms with Crippen LogP contribution < -0.4 is 0 Å². The van der Waals surface area contributed by atoms with Gasteiger partial charge in [-0.15, -0.1) is 0 Å². The molecule has 3 fully saturated rings. The molecule has 0 unspecified atom stereocenters. The predicted octanol–water partition coefficient (Wildman–Crippen LogP) is 3.40. The molecule has 0 aromatic rings. The van der Waals surface area contributed by atoms with E-state index >= 15 is 0 Å². The minimum absolute atomic E-state index is 0.0508. The molecule has 3 aliphatic rings. The van der Waals surface area contributed by atoms with Crippen molar-refractivity contribution < 1.29 is 9.53 Å². The van der Waals surface area contributed by atoms with E-state index in [0.717, 1.165) is 18.3 Å². The molecule has 0 spiro atoms. The zero-order valence-electron chi connectivity index (χ0n) is 11.2. The highest BCUT2D eigenvalue weighted by Crippen LogP contribution is 2.57. The minimum Gasteiger partial charge on any atom is -0.462 e. The molecular formula is C15H24O2. The van der Waals surface area contributed by atoms with Crippen LogP contribution in [0, 0.1) is 29.1 Å². The highest BCUT2D eigenvalue weighted by molar-refractivity contribution is 5.74. The van der Waals surface area contributed by atoms with Gasteiger partial charge in [0, 0.05) is 5.92 Å². The first-order valence-corrected chi connectivity index (χ1v) is 7.22. The van der Waals surface area contributed by atoms with Gasteiger partial charge in [0.1, 0.15) is 6.10 Å². The largest absolute Gasteiger partial charge is 0.462 e. The summed E-state index contributed by atoms with van der Waals surface area (Å²) in [7, 11) is 0. The summed E-state index contributed by atoms with van der Waals surface area (Å²) in [6.07, 6.45) is 6.62. The van der Waals surface area contributed by atoms with Crippen molar-refractivity contribution >= 4 is 5.97 Å². The molecule has 6 atom stereocenters. The summed E-state index contributed by atoms with van der Waals surface area (Å²) >= 11 is 0. The number of carbonyl (C=O) groups excluding carboxylic acids is 1. The Morgan fingerprint density at radius 3 is 2.88 bits per heavy atom. The van der Waals surface area contributed by atoms with Crippen LogP contribution in [-0.2, 0) is 9.53 Å². The van der Waals surface area contributed by atoms with Crippen LogP contribution in [0.3, 0.4) is 0 Å². The fourth-order valence-electron chi connectivity index (χ4n) is 4.81. The highest BCUT2D eigenvalue weighted by atomic mass is 16.6. The van der Waals surface area contributed by atoms with Crippen LogP contribution in [0.15, 0.2) is 0 Å². The summed E-state index contributed by atoms with van der Waals surface area (Å²) in [5.41, 5.74) is 0.434. The lowest BCUT2D eigenvalue weighted by molar-refractivity contribution is -0.146. The summed E-state index contributed by atoms with van der Waals surface area (Å²) in [4.78, 5) is 11.7. The van der Waals surface area contributed by atoms with Crippen LogP contribution in [0.5, 0.6) is 0 Å². The van der Waals surface area contributed by atoms with Crippen LogP contribution in [-0.4, -0.2) is 12.1 Å². The molecule has 0 amide bonds. The first kappa shape index (κ1) is 11.6. The third-order valence-electron chi connectivity index (χ3n) is 5.94. The van der Waals surface area contributed by atoms with Gasteiger partial charge in [0.05, 0.1) is 5.92 Å². The van der Waals surface area contributed by atoms with Gasteiger partial charge >= 0.3 is 5.97 Å². The highest BCUT2D eigenvalue weighted by Gasteiger charge is 2.54. The van der Waals surface area contributed by atoms with E-state index in [0.29, 0.717) is 11.3 Å². The van der Waals surface area contributed by atoms with Crippen LogP contribution in [0.1, 0.15) is 52.9 Å². The van der Waals surface area contributed by atoms with E-state index in [2.05, 4.69) is 20.8 Å². The quantitative estimate of drug-likeness (QED) is 0.603. The molecule has 1 saturated heterocycles. The normalized spacial score (nSPS) is 53.8. The number of esters is 1. The van der Waals surface area contributed by atoms with E-state index in [9.17, 15) is 4.79 Å². The van der Waals surface area contributed by atoms with Crippen LogP contribution in [0.4, 0.5) is 0 Å². The number of rotatable bonds is 0. The van der Waals surface area contributed by atoms with Crippen molar-refractivity contribution in [3.8, 4) is 0 Å². The van der Waals surface area contributed by atoms with Gasteiger partial charge in [-0.2, -0.15) is 0 Å². The van der Waals surface area contributed by atoms with E-state index in [1.807, 2.05) is 0 Å². The van der Waals surface area contributed by atoms with Crippen molar-refractivity contribution in [1.29, 1.82) is 0 Å². The number of hydrogen-bond donors (Lipinski definition) is 0. The van der Waals surface area contributed by atoms with Gasteiger partial charge in [0.25, 0.3) is 0 Å². The predicted molar refractivity (Wildman–Crippen MR) is 66.4 cm³/mol. The van der Waals surface area contributed by atoms with E-state index in [1.54, 1.807) is 0 Å². The molecule has 2 nitrogen and oxygen atoms in total. The number of hydrogen-bond acceptors (Lipinski definition) is 2. The Kier molecular flexibility index (Phi) is 2.53. The van der Waals surface area contributed by atoms with Gasteiger partial charge in [0.2, 0.25) is 0 Å². The molecule has 2 saturated carbocycles. The average Bonchev–Trinajstić information content (AvgIpc) is 2.52. The molecule has 0 radical (unpaired) electrons. The fourth-order valence-corrected chi connectivity index (χ4v) is 4.81. The number of fused-ring (bicyclic) bond motifs is 2. The van der Waals surface area contributed by atoms with Crippen molar-refractivity contribution in [2.45, 2.75) is 59.0 Å². The summed E-state index contributed by atoms with van der Waals surface area (Å²) in [6, 6.07) is 0. The molecule has 2 aliphatic carbocycles. The second-order valence-corrected chi connectivity index (χ2v) is 7.00. The maximum Gasteiger partial charge on any atom is 0.309 e. The second-order valence-electron chi connectivity index (χ2n) is 7.00. The Hall–Kier alpha value is -0.530. The Morgan fingerprint density at radius 1 is 1.35 bits per heavy atom. The Balaban J connectivity index is 1.86. The van der Waals surface area contributed by atoms with Crippen molar-refractivity contribution in [1.82, 2.24) is 0 Å². The maximum atomic E-state index is 11.7. The first-order chi connectivity index (χ1) is 8.01. The van der Waals surface area contributed by atoms with E-state index in [1.165, 1.54) is 25.7 Å². The second kappa shape index (κ2) is 3.73. The van der Waals surface area contributed by atoms with Gasteiger partial charge in [-0.05, 0) is 36.5 Å². The molecule has 1 heterocycles. The van der Waals surface area contributed by atoms with Crippen LogP contribution in [0.2, 0.25) is 0 Å². The standard InChI is InChI=1S/C15H24O2/c1-9-5-4-6-15(3)8-13-11(7-12(9)15)10(2)14(16)17-13/h9-13H,4-8H2,1-3H3/t9-,10-,11+,12-,13-,15+/m0/s1. The number of carbonyl (C=O) groups is 1.